The fourth-order valence-corrected chi connectivity index (χ4v) is 3.47. The molecule has 0 aromatic carbocycles. The third-order valence-corrected chi connectivity index (χ3v) is 4.96. The monoisotopic (exact) mass is 308 g/mol. The molecule has 0 unspecified atom stereocenters. The summed E-state index contributed by atoms with van der Waals surface area (Å²) >= 11 is 1.79. The summed E-state index contributed by atoms with van der Waals surface area (Å²) in [4.78, 5) is 8.45. The fourth-order valence-electron chi connectivity index (χ4n) is 2.76. The van der Waals surface area contributed by atoms with E-state index in [0.29, 0.717) is 11.9 Å². The van der Waals surface area contributed by atoms with E-state index in [4.69, 9.17) is 5.73 Å². The number of likely N-dealkylation sites (tertiary alicyclic amines) is 1. The predicted molar refractivity (Wildman–Crippen MR) is 92.0 cm³/mol. The molecule has 21 heavy (non-hydrogen) atoms. The molecule has 0 bridgehead atoms. The van der Waals surface area contributed by atoms with E-state index in [0.717, 1.165) is 19.5 Å². The highest BCUT2D eigenvalue weighted by Crippen LogP contribution is 2.17. The minimum Gasteiger partial charge on any atom is -0.370 e. The van der Waals surface area contributed by atoms with Crippen molar-refractivity contribution < 1.29 is 0 Å². The molecular weight excluding hydrogens is 280 g/mol. The Morgan fingerprint density at radius 3 is 2.95 bits per heavy atom. The second kappa shape index (κ2) is 9.05. The number of hydrogen-bond acceptors (Lipinski definition) is 3. The van der Waals surface area contributed by atoms with Crippen molar-refractivity contribution in [1.82, 2.24) is 10.2 Å². The van der Waals surface area contributed by atoms with Crippen molar-refractivity contribution in [3.8, 4) is 0 Å². The van der Waals surface area contributed by atoms with Gasteiger partial charge in [-0.2, -0.15) is 0 Å². The molecule has 0 amide bonds. The zero-order valence-electron chi connectivity index (χ0n) is 13.1. The van der Waals surface area contributed by atoms with Crippen LogP contribution in [0.1, 0.15) is 31.1 Å². The second-order valence-corrected chi connectivity index (χ2v) is 6.80. The largest absolute Gasteiger partial charge is 0.370 e. The van der Waals surface area contributed by atoms with Crippen LogP contribution in [-0.4, -0.2) is 43.6 Å². The zero-order chi connectivity index (χ0) is 14.9. The van der Waals surface area contributed by atoms with Gasteiger partial charge in [0.05, 0.1) is 0 Å². The molecule has 2 heterocycles. The molecule has 0 radical (unpaired) electrons. The third kappa shape index (κ3) is 6.06. The Bertz CT molecular complexity index is 408. The number of hydrogen-bond donors (Lipinski definition) is 2. The molecule has 2 rings (SSSR count). The molecule has 4 nitrogen and oxygen atoms in total. The van der Waals surface area contributed by atoms with E-state index in [9.17, 15) is 0 Å². The number of piperidine rings is 1. The number of aliphatic imine (C=N–C) groups is 1. The Balaban J connectivity index is 1.60. The molecule has 5 heteroatoms. The summed E-state index contributed by atoms with van der Waals surface area (Å²) in [5, 5.41) is 5.32. The summed E-state index contributed by atoms with van der Waals surface area (Å²) in [7, 11) is 0. The van der Waals surface area contributed by atoms with Crippen LogP contribution in [0.15, 0.2) is 22.5 Å². The van der Waals surface area contributed by atoms with Gasteiger partial charge < -0.3 is 16.0 Å². The van der Waals surface area contributed by atoms with Gasteiger partial charge in [0.25, 0.3) is 0 Å². The summed E-state index contributed by atoms with van der Waals surface area (Å²) in [6.07, 6.45) is 4.78. The van der Waals surface area contributed by atoms with Crippen LogP contribution in [0.2, 0.25) is 0 Å². The molecule has 1 aromatic heterocycles. The van der Waals surface area contributed by atoms with Crippen molar-refractivity contribution in [1.29, 1.82) is 0 Å². The summed E-state index contributed by atoms with van der Waals surface area (Å²) < 4.78 is 0. The van der Waals surface area contributed by atoms with Gasteiger partial charge in [0, 0.05) is 18.0 Å². The highest BCUT2D eigenvalue weighted by atomic mass is 32.1. The summed E-state index contributed by atoms with van der Waals surface area (Å²) in [6.45, 7) is 7.67. The summed E-state index contributed by atoms with van der Waals surface area (Å²) in [5.41, 5.74) is 5.94. The van der Waals surface area contributed by atoms with E-state index < -0.39 is 0 Å². The standard InChI is InChI=1S/C16H28N4S/c1-2-9-20-10-6-14(7-11-20)13-19-16(17)18-8-5-15-4-3-12-21-15/h3-4,12,14H,2,5-11,13H2,1H3,(H3,17,18,19). The Morgan fingerprint density at radius 2 is 2.29 bits per heavy atom. The molecule has 118 valence electrons. The molecule has 1 aromatic rings. The Labute approximate surface area is 132 Å². The van der Waals surface area contributed by atoms with Crippen LogP contribution in [0.3, 0.4) is 0 Å². The molecule has 1 saturated heterocycles. The van der Waals surface area contributed by atoms with Crippen molar-refractivity contribution in [2.45, 2.75) is 32.6 Å². The summed E-state index contributed by atoms with van der Waals surface area (Å²) in [5.74, 6) is 1.30. The molecule has 3 N–H and O–H groups in total. The van der Waals surface area contributed by atoms with Crippen molar-refractivity contribution in [2.24, 2.45) is 16.6 Å². The molecule has 1 aliphatic heterocycles. The zero-order valence-corrected chi connectivity index (χ0v) is 13.9. The van der Waals surface area contributed by atoms with Gasteiger partial charge in [-0.15, -0.1) is 11.3 Å². The van der Waals surface area contributed by atoms with Gasteiger partial charge >= 0.3 is 0 Å². The summed E-state index contributed by atoms with van der Waals surface area (Å²) in [6, 6.07) is 4.24. The number of nitrogens with one attached hydrogen (secondary N) is 1. The van der Waals surface area contributed by atoms with Crippen molar-refractivity contribution in [3.63, 3.8) is 0 Å². The fraction of sp³-hybridized carbons (Fsp3) is 0.688. The average Bonchev–Trinajstić information content (AvgIpc) is 3.00. The molecule has 0 spiro atoms. The van der Waals surface area contributed by atoms with Gasteiger partial charge in [-0.3, -0.25) is 4.99 Å². The lowest BCUT2D eigenvalue weighted by molar-refractivity contribution is 0.188. The molecule has 0 aliphatic carbocycles. The molecular formula is C16H28N4S. The van der Waals surface area contributed by atoms with Gasteiger partial charge in [0.15, 0.2) is 5.96 Å². The Morgan fingerprint density at radius 1 is 1.48 bits per heavy atom. The van der Waals surface area contributed by atoms with Gasteiger partial charge in [0.2, 0.25) is 0 Å². The van der Waals surface area contributed by atoms with Crippen LogP contribution in [0.25, 0.3) is 0 Å². The van der Waals surface area contributed by atoms with Crippen LogP contribution in [-0.2, 0) is 6.42 Å². The average molecular weight is 308 g/mol. The van der Waals surface area contributed by atoms with E-state index >= 15 is 0 Å². The number of rotatable bonds is 7. The van der Waals surface area contributed by atoms with Crippen LogP contribution < -0.4 is 11.1 Å². The molecule has 0 atom stereocenters. The highest BCUT2D eigenvalue weighted by molar-refractivity contribution is 7.09. The predicted octanol–water partition coefficient (Wildman–Crippen LogP) is 2.32. The normalized spacial score (nSPS) is 18.0. The highest BCUT2D eigenvalue weighted by Gasteiger charge is 2.17. The van der Waals surface area contributed by atoms with Crippen molar-refractivity contribution in [3.05, 3.63) is 22.4 Å². The maximum Gasteiger partial charge on any atom is 0.188 e. The van der Waals surface area contributed by atoms with Crippen LogP contribution in [0.4, 0.5) is 0 Å². The minimum absolute atomic E-state index is 0.600. The number of nitrogens with zero attached hydrogens (tertiary/aromatic N) is 2. The van der Waals surface area contributed by atoms with Crippen LogP contribution in [0, 0.1) is 5.92 Å². The number of nitrogens with two attached hydrogens (primary N) is 1. The van der Waals surface area contributed by atoms with Gasteiger partial charge in [-0.05, 0) is 62.7 Å². The first kappa shape index (κ1) is 16.3. The maximum atomic E-state index is 5.94. The van der Waals surface area contributed by atoms with Gasteiger partial charge in [-0.1, -0.05) is 13.0 Å². The van der Waals surface area contributed by atoms with Crippen molar-refractivity contribution >= 4 is 17.3 Å². The Kier molecular flexibility index (Phi) is 7.03. The molecule has 0 saturated carbocycles. The lowest BCUT2D eigenvalue weighted by Crippen LogP contribution is -2.36. The first-order valence-corrected chi connectivity index (χ1v) is 8.94. The lowest BCUT2D eigenvalue weighted by atomic mass is 9.97. The number of guanidine groups is 1. The van der Waals surface area contributed by atoms with Crippen molar-refractivity contribution in [2.75, 3.05) is 32.7 Å². The van der Waals surface area contributed by atoms with Crippen LogP contribution >= 0.6 is 11.3 Å². The first-order chi connectivity index (χ1) is 10.3. The first-order valence-electron chi connectivity index (χ1n) is 8.06. The third-order valence-electron chi connectivity index (χ3n) is 4.02. The maximum absolute atomic E-state index is 5.94. The quantitative estimate of drug-likeness (QED) is 0.600. The van der Waals surface area contributed by atoms with E-state index in [-0.39, 0.29) is 0 Å². The second-order valence-electron chi connectivity index (χ2n) is 5.77. The SMILES string of the molecule is CCCN1CCC(CN=C(N)NCCc2cccs2)CC1. The number of thiophene rings is 1. The minimum atomic E-state index is 0.600. The van der Waals surface area contributed by atoms with Gasteiger partial charge in [0.1, 0.15) is 0 Å². The molecule has 1 fully saturated rings. The van der Waals surface area contributed by atoms with Crippen LogP contribution in [0.5, 0.6) is 0 Å². The van der Waals surface area contributed by atoms with E-state index in [2.05, 4.69) is 39.6 Å². The van der Waals surface area contributed by atoms with E-state index in [1.165, 1.54) is 43.8 Å². The van der Waals surface area contributed by atoms with E-state index in [1.807, 2.05) is 0 Å². The Hall–Kier alpha value is -1.07. The van der Waals surface area contributed by atoms with E-state index in [1.54, 1.807) is 11.3 Å². The lowest BCUT2D eigenvalue weighted by Gasteiger charge is -2.30. The van der Waals surface area contributed by atoms with Gasteiger partial charge in [-0.25, -0.2) is 0 Å². The molecule has 1 aliphatic rings. The topological polar surface area (TPSA) is 53.6 Å². The smallest absolute Gasteiger partial charge is 0.188 e.